The van der Waals surface area contributed by atoms with Crippen LogP contribution in [0.25, 0.3) is 10.2 Å². The molecule has 0 aliphatic heterocycles. The second-order valence-electron chi connectivity index (χ2n) is 6.13. The van der Waals surface area contributed by atoms with Gasteiger partial charge >= 0.3 is 0 Å². The van der Waals surface area contributed by atoms with Gasteiger partial charge in [0.1, 0.15) is 0 Å². The smallest absolute Gasteiger partial charge is 0.255 e. The zero-order valence-electron chi connectivity index (χ0n) is 14.6. The number of carbonyl (C=O) groups excluding carboxylic acids is 1. The summed E-state index contributed by atoms with van der Waals surface area (Å²) in [5.74, 6) is -0.296. The second kappa shape index (κ2) is 7.14. The number of amides is 1. The maximum atomic E-state index is 12.5. The zero-order chi connectivity index (χ0) is 18.9. The van der Waals surface area contributed by atoms with Gasteiger partial charge in [0.05, 0.1) is 20.6 Å². The van der Waals surface area contributed by atoms with Crippen LogP contribution in [0.3, 0.4) is 0 Å². The summed E-state index contributed by atoms with van der Waals surface area (Å²) in [6.07, 6.45) is 0. The van der Waals surface area contributed by atoms with Crippen LogP contribution in [0.4, 0.5) is 5.69 Å². The number of nitrogens with one attached hydrogen (secondary N) is 1. The van der Waals surface area contributed by atoms with E-state index < -0.39 is 10.0 Å². The predicted molar refractivity (Wildman–Crippen MR) is 104 cm³/mol. The Hall–Kier alpha value is -2.29. The lowest BCUT2D eigenvalue weighted by Crippen LogP contribution is -2.33. The fourth-order valence-electron chi connectivity index (χ4n) is 2.36. The van der Waals surface area contributed by atoms with E-state index in [0.717, 1.165) is 10.2 Å². The van der Waals surface area contributed by atoms with Gasteiger partial charge in [-0.05, 0) is 56.3 Å². The van der Waals surface area contributed by atoms with Crippen LogP contribution in [0.1, 0.15) is 24.2 Å². The number of sulfonamides is 1. The highest BCUT2D eigenvalue weighted by Gasteiger charge is 2.23. The lowest BCUT2D eigenvalue weighted by Gasteiger charge is -2.21. The zero-order valence-corrected chi connectivity index (χ0v) is 16.3. The van der Waals surface area contributed by atoms with E-state index in [4.69, 9.17) is 0 Å². The first-order valence-corrected chi connectivity index (χ1v) is 10.3. The number of hydrogen-bond donors (Lipinski definition) is 1. The first-order chi connectivity index (χ1) is 12.3. The molecule has 136 valence electrons. The third-order valence-corrected chi connectivity index (χ3v) is 6.95. The number of fused-ring (bicyclic) bond motifs is 1. The minimum absolute atomic E-state index is 0.148. The van der Waals surface area contributed by atoms with Crippen molar-refractivity contribution in [1.82, 2.24) is 9.29 Å². The van der Waals surface area contributed by atoms with Gasteiger partial charge in [0.25, 0.3) is 5.91 Å². The van der Waals surface area contributed by atoms with Gasteiger partial charge < -0.3 is 5.32 Å². The Morgan fingerprint density at radius 3 is 2.50 bits per heavy atom. The second-order valence-corrected chi connectivity index (χ2v) is 9.01. The van der Waals surface area contributed by atoms with Crippen molar-refractivity contribution in [1.29, 1.82) is 0 Å². The number of aromatic nitrogens is 1. The van der Waals surface area contributed by atoms with Crippen LogP contribution in [0.2, 0.25) is 0 Å². The van der Waals surface area contributed by atoms with Crippen LogP contribution in [-0.2, 0) is 10.0 Å². The summed E-state index contributed by atoms with van der Waals surface area (Å²) in [6.45, 7) is 3.61. The molecule has 8 heteroatoms. The quantitative estimate of drug-likeness (QED) is 0.723. The monoisotopic (exact) mass is 389 g/mol. The number of anilines is 1. The van der Waals surface area contributed by atoms with E-state index in [0.29, 0.717) is 11.3 Å². The molecule has 2 aromatic carbocycles. The molecule has 1 amide bonds. The van der Waals surface area contributed by atoms with Crippen LogP contribution in [0.5, 0.6) is 0 Å². The van der Waals surface area contributed by atoms with E-state index in [1.807, 2.05) is 12.1 Å². The predicted octanol–water partition coefficient (Wildman–Crippen LogP) is 3.58. The van der Waals surface area contributed by atoms with Gasteiger partial charge in [0.15, 0.2) is 0 Å². The highest BCUT2D eigenvalue weighted by Crippen LogP contribution is 2.23. The molecule has 0 aliphatic rings. The van der Waals surface area contributed by atoms with E-state index in [2.05, 4.69) is 10.3 Å². The fraction of sp³-hybridized carbons (Fsp3) is 0.222. The van der Waals surface area contributed by atoms with E-state index in [-0.39, 0.29) is 16.8 Å². The van der Waals surface area contributed by atoms with Crippen molar-refractivity contribution in [3.63, 3.8) is 0 Å². The Balaban J connectivity index is 1.78. The Morgan fingerprint density at radius 1 is 1.15 bits per heavy atom. The van der Waals surface area contributed by atoms with Gasteiger partial charge in [-0.2, -0.15) is 4.31 Å². The molecule has 1 heterocycles. The van der Waals surface area contributed by atoms with Gasteiger partial charge in [-0.25, -0.2) is 13.4 Å². The molecule has 0 bridgehead atoms. The van der Waals surface area contributed by atoms with Crippen LogP contribution < -0.4 is 5.32 Å². The summed E-state index contributed by atoms with van der Waals surface area (Å²) in [5, 5.41) is 2.82. The molecule has 1 aromatic heterocycles. The Bertz CT molecular complexity index is 1040. The third-order valence-electron chi connectivity index (χ3n) is 4.11. The molecule has 0 fully saturated rings. The van der Waals surface area contributed by atoms with E-state index >= 15 is 0 Å². The largest absolute Gasteiger partial charge is 0.322 e. The first-order valence-electron chi connectivity index (χ1n) is 8.02. The van der Waals surface area contributed by atoms with Gasteiger partial charge in [0, 0.05) is 24.3 Å². The molecule has 0 atom stereocenters. The summed E-state index contributed by atoms with van der Waals surface area (Å²) in [7, 11) is -2.02. The summed E-state index contributed by atoms with van der Waals surface area (Å²) < 4.78 is 27.2. The summed E-state index contributed by atoms with van der Waals surface area (Å²) in [6, 6.07) is 11.3. The molecule has 0 saturated carbocycles. The van der Waals surface area contributed by atoms with Crippen LogP contribution >= 0.6 is 11.3 Å². The molecule has 0 radical (unpaired) electrons. The SMILES string of the molecule is CC(C)N(C)S(=O)(=O)c1ccc(C(=O)Nc2ccc3ncsc3c2)cc1. The molecular formula is C18H19N3O3S2. The van der Waals surface area contributed by atoms with Gasteiger partial charge in [-0.15, -0.1) is 11.3 Å². The summed E-state index contributed by atoms with van der Waals surface area (Å²) in [4.78, 5) is 16.8. The Kier molecular flexibility index (Phi) is 5.08. The molecule has 0 aliphatic carbocycles. The third kappa shape index (κ3) is 3.62. The van der Waals surface area contributed by atoms with E-state index in [1.54, 1.807) is 25.4 Å². The highest BCUT2D eigenvalue weighted by atomic mass is 32.2. The molecule has 3 rings (SSSR count). The Labute approximate surface area is 156 Å². The van der Waals surface area contributed by atoms with Gasteiger partial charge in [0.2, 0.25) is 10.0 Å². The molecule has 0 spiro atoms. The van der Waals surface area contributed by atoms with Crippen molar-refractivity contribution in [3.8, 4) is 0 Å². The number of nitrogens with zero attached hydrogens (tertiary/aromatic N) is 2. The van der Waals surface area contributed by atoms with Crippen molar-refractivity contribution < 1.29 is 13.2 Å². The molecule has 0 unspecified atom stereocenters. The normalized spacial score (nSPS) is 12.0. The average Bonchev–Trinajstić information content (AvgIpc) is 3.08. The van der Waals surface area contributed by atoms with Crippen molar-refractivity contribution in [2.45, 2.75) is 24.8 Å². The summed E-state index contributed by atoms with van der Waals surface area (Å²) >= 11 is 1.50. The lowest BCUT2D eigenvalue weighted by atomic mass is 10.2. The number of carbonyl (C=O) groups is 1. The number of thiazole rings is 1. The minimum atomic E-state index is -3.56. The van der Waals surface area contributed by atoms with Crippen molar-refractivity contribution in [2.75, 3.05) is 12.4 Å². The van der Waals surface area contributed by atoms with Crippen LogP contribution in [0, 0.1) is 0 Å². The molecule has 1 N–H and O–H groups in total. The minimum Gasteiger partial charge on any atom is -0.322 e. The first kappa shape index (κ1) is 18.5. The fourth-order valence-corrected chi connectivity index (χ4v) is 4.44. The molecule has 26 heavy (non-hydrogen) atoms. The topological polar surface area (TPSA) is 79.4 Å². The molecule has 6 nitrogen and oxygen atoms in total. The molecular weight excluding hydrogens is 370 g/mol. The van der Waals surface area contributed by atoms with E-state index in [1.165, 1.54) is 47.0 Å². The van der Waals surface area contributed by atoms with Gasteiger partial charge in [-0.3, -0.25) is 4.79 Å². The summed E-state index contributed by atoms with van der Waals surface area (Å²) in [5.41, 5.74) is 3.70. The van der Waals surface area contributed by atoms with Crippen LogP contribution in [-0.4, -0.2) is 36.7 Å². The number of hydrogen-bond acceptors (Lipinski definition) is 5. The van der Waals surface area contributed by atoms with Crippen molar-refractivity contribution in [2.24, 2.45) is 0 Å². The number of benzene rings is 2. The van der Waals surface area contributed by atoms with Gasteiger partial charge in [-0.1, -0.05) is 0 Å². The molecule has 0 saturated heterocycles. The maximum absolute atomic E-state index is 12.5. The highest BCUT2D eigenvalue weighted by molar-refractivity contribution is 7.89. The lowest BCUT2D eigenvalue weighted by molar-refractivity contribution is 0.102. The van der Waals surface area contributed by atoms with Crippen molar-refractivity contribution >= 4 is 43.2 Å². The standard InChI is InChI=1S/C18H19N3O3S2/c1-12(2)21(3)26(23,24)15-7-4-13(5-8-15)18(22)20-14-6-9-16-17(10-14)25-11-19-16/h4-12H,1-3H3,(H,20,22). The number of rotatable bonds is 5. The van der Waals surface area contributed by atoms with Crippen LogP contribution in [0.15, 0.2) is 52.9 Å². The Morgan fingerprint density at radius 2 is 1.85 bits per heavy atom. The van der Waals surface area contributed by atoms with E-state index in [9.17, 15) is 13.2 Å². The maximum Gasteiger partial charge on any atom is 0.255 e. The average molecular weight is 390 g/mol. The molecule has 3 aromatic rings. The van der Waals surface area contributed by atoms with Crippen molar-refractivity contribution in [3.05, 3.63) is 53.5 Å².